The monoisotopic (exact) mass is 292 g/mol. The van der Waals surface area contributed by atoms with Crippen LogP contribution in [0.2, 0.25) is 5.02 Å². The first-order valence-corrected chi connectivity index (χ1v) is 6.34. The number of nitro groups is 1. The first kappa shape index (κ1) is 14.1. The highest BCUT2D eigenvalue weighted by molar-refractivity contribution is 6.32. The van der Waals surface area contributed by atoms with Gasteiger partial charge in [0.25, 0.3) is 5.69 Å². The Morgan fingerprint density at radius 1 is 1.25 bits per heavy atom. The summed E-state index contributed by atoms with van der Waals surface area (Å²) in [4.78, 5) is 10.2. The summed E-state index contributed by atoms with van der Waals surface area (Å²) in [6.07, 6.45) is 0. The zero-order valence-electron chi connectivity index (χ0n) is 10.7. The average molecular weight is 293 g/mol. The number of nitrogens with zero attached hydrogens (tertiary/aromatic N) is 1. The van der Waals surface area contributed by atoms with Gasteiger partial charge < -0.3 is 10.4 Å². The van der Waals surface area contributed by atoms with Crippen molar-refractivity contribution < 1.29 is 10.0 Å². The summed E-state index contributed by atoms with van der Waals surface area (Å²) in [6.45, 7) is 1.95. The minimum absolute atomic E-state index is 0.0203. The van der Waals surface area contributed by atoms with E-state index >= 15 is 0 Å². The second-order valence-electron chi connectivity index (χ2n) is 4.38. The summed E-state index contributed by atoms with van der Waals surface area (Å²) in [5, 5.41) is 23.2. The summed E-state index contributed by atoms with van der Waals surface area (Å²) in [5.74, 6) is 0.208. The van der Waals surface area contributed by atoms with Gasteiger partial charge in [0.2, 0.25) is 0 Å². The fraction of sp³-hybridized carbons (Fsp3) is 0.143. The van der Waals surface area contributed by atoms with Gasteiger partial charge in [-0.3, -0.25) is 10.1 Å². The van der Waals surface area contributed by atoms with Crippen LogP contribution in [0.1, 0.15) is 18.5 Å². The van der Waals surface area contributed by atoms with Gasteiger partial charge >= 0.3 is 0 Å². The van der Waals surface area contributed by atoms with Crippen molar-refractivity contribution in [1.29, 1.82) is 0 Å². The molecule has 0 spiro atoms. The van der Waals surface area contributed by atoms with Crippen LogP contribution in [0.5, 0.6) is 5.75 Å². The molecule has 0 amide bonds. The molecule has 2 aromatic carbocycles. The lowest BCUT2D eigenvalue weighted by atomic mass is 10.1. The minimum atomic E-state index is -0.518. The number of hydrogen-bond donors (Lipinski definition) is 2. The van der Waals surface area contributed by atoms with Crippen molar-refractivity contribution >= 4 is 23.0 Å². The third-order valence-electron chi connectivity index (χ3n) is 2.92. The number of nitro benzene ring substituents is 1. The average Bonchev–Trinajstić information content (AvgIpc) is 2.39. The molecule has 6 heteroatoms. The van der Waals surface area contributed by atoms with Crippen molar-refractivity contribution in [3.05, 3.63) is 63.2 Å². The molecule has 2 rings (SSSR count). The van der Waals surface area contributed by atoms with E-state index in [1.165, 1.54) is 12.1 Å². The van der Waals surface area contributed by atoms with E-state index in [4.69, 9.17) is 11.6 Å². The van der Waals surface area contributed by atoms with Crippen molar-refractivity contribution in [2.45, 2.75) is 13.0 Å². The molecule has 0 aliphatic heterocycles. The predicted octanol–water partition coefficient (Wildman–Crippen LogP) is 4.13. The van der Waals surface area contributed by atoms with Gasteiger partial charge in [0.15, 0.2) is 0 Å². The largest absolute Gasteiger partial charge is 0.508 e. The fourth-order valence-electron chi connectivity index (χ4n) is 1.84. The van der Waals surface area contributed by atoms with Crippen molar-refractivity contribution in [3.63, 3.8) is 0 Å². The van der Waals surface area contributed by atoms with Crippen molar-refractivity contribution in [2.24, 2.45) is 0 Å². The maximum absolute atomic E-state index is 10.7. The van der Waals surface area contributed by atoms with Crippen molar-refractivity contribution in [1.82, 2.24) is 0 Å². The highest BCUT2D eigenvalue weighted by Crippen LogP contribution is 2.29. The van der Waals surface area contributed by atoms with Gasteiger partial charge in [-0.2, -0.15) is 0 Å². The van der Waals surface area contributed by atoms with Crippen LogP contribution >= 0.6 is 11.6 Å². The molecule has 0 saturated heterocycles. The van der Waals surface area contributed by atoms with Gasteiger partial charge in [-0.15, -0.1) is 0 Å². The molecule has 0 bridgehead atoms. The maximum atomic E-state index is 10.7. The number of rotatable bonds is 4. The molecule has 0 fully saturated rings. The number of benzene rings is 2. The van der Waals surface area contributed by atoms with E-state index in [1.54, 1.807) is 30.3 Å². The molecule has 5 nitrogen and oxygen atoms in total. The Balaban J connectivity index is 2.15. The van der Waals surface area contributed by atoms with Gasteiger partial charge in [0.05, 0.1) is 4.92 Å². The Kier molecular flexibility index (Phi) is 4.10. The minimum Gasteiger partial charge on any atom is -0.508 e. The number of hydrogen-bond acceptors (Lipinski definition) is 4. The first-order chi connectivity index (χ1) is 9.47. The Morgan fingerprint density at radius 3 is 2.45 bits per heavy atom. The molecule has 0 aliphatic carbocycles. The second kappa shape index (κ2) is 5.79. The molecule has 0 radical (unpaired) electrons. The van der Waals surface area contributed by atoms with Crippen LogP contribution in [-0.2, 0) is 0 Å². The summed E-state index contributed by atoms with van der Waals surface area (Å²) in [7, 11) is 0. The third kappa shape index (κ3) is 3.19. The molecule has 2 aromatic rings. The van der Waals surface area contributed by atoms with Crippen LogP contribution in [0.15, 0.2) is 42.5 Å². The Hall–Kier alpha value is -2.27. The standard InChI is InChI=1S/C14H13ClN2O3/c1-9(10-2-5-12(18)6-3-10)16-11-4-7-14(17(19)20)13(15)8-11/h2-9,16,18H,1H3. The lowest BCUT2D eigenvalue weighted by Crippen LogP contribution is -2.06. The molecule has 2 N–H and O–H groups in total. The number of aromatic hydroxyl groups is 1. The smallest absolute Gasteiger partial charge is 0.288 e. The second-order valence-corrected chi connectivity index (χ2v) is 4.79. The number of anilines is 1. The quantitative estimate of drug-likeness (QED) is 0.656. The molecule has 104 valence electrons. The molecule has 20 heavy (non-hydrogen) atoms. The predicted molar refractivity (Wildman–Crippen MR) is 78.3 cm³/mol. The molecule has 0 aliphatic rings. The third-order valence-corrected chi connectivity index (χ3v) is 3.22. The van der Waals surface area contributed by atoms with Gasteiger partial charge in [-0.05, 0) is 36.8 Å². The Morgan fingerprint density at radius 2 is 1.90 bits per heavy atom. The van der Waals surface area contributed by atoms with Crippen LogP contribution < -0.4 is 5.32 Å². The maximum Gasteiger partial charge on any atom is 0.288 e. The van der Waals surface area contributed by atoms with Crippen LogP contribution in [0.3, 0.4) is 0 Å². The van der Waals surface area contributed by atoms with E-state index in [2.05, 4.69) is 5.32 Å². The lowest BCUT2D eigenvalue weighted by molar-refractivity contribution is -0.384. The molecule has 0 heterocycles. The van der Waals surface area contributed by atoms with E-state index in [1.807, 2.05) is 6.92 Å². The van der Waals surface area contributed by atoms with E-state index in [9.17, 15) is 15.2 Å². The highest BCUT2D eigenvalue weighted by atomic mass is 35.5. The Labute approximate surface area is 121 Å². The number of phenolic OH excluding ortho intramolecular Hbond substituents is 1. The summed E-state index contributed by atoms with van der Waals surface area (Å²) < 4.78 is 0. The molecule has 1 atom stereocenters. The molecular weight excluding hydrogens is 280 g/mol. The zero-order valence-corrected chi connectivity index (χ0v) is 11.5. The normalized spacial score (nSPS) is 11.9. The molecular formula is C14H13ClN2O3. The molecule has 1 unspecified atom stereocenters. The van der Waals surface area contributed by atoms with Gasteiger partial charge in [0.1, 0.15) is 10.8 Å². The lowest BCUT2D eigenvalue weighted by Gasteiger charge is -2.16. The molecule has 0 aromatic heterocycles. The van der Waals surface area contributed by atoms with Crippen molar-refractivity contribution in [3.8, 4) is 5.75 Å². The van der Waals surface area contributed by atoms with E-state index in [-0.39, 0.29) is 22.5 Å². The van der Waals surface area contributed by atoms with Crippen molar-refractivity contribution in [2.75, 3.05) is 5.32 Å². The van der Waals surface area contributed by atoms with Gasteiger partial charge in [-0.25, -0.2) is 0 Å². The van der Waals surface area contributed by atoms with Gasteiger partial charge in [-0.1, -0.05) is 23.7 Å². The van der Waals surface area contributed by atoms with Crippen LogP contribution in [0.4, 0.5) is 11.4 Å². The van der Waals surface area contributed by atoms with E-state index in [0.717, 1.165) is 5.56 Å². The van der Waals surface area contributed by atoms with E-state index < -0.39 is 4.92 Å². The number of nitrogens with one attached hydrogen (secondary N) is 1. The molecule has 0 saturated carbocycles. The van der Waals surface area contributed by atoms with Crippen LogP contribution in [0, 0.1) is 10.1 Å². The SMILES string of the molecule is CC(Nc1ccc([N+](=O)[O-])c(Cl)c1)c1ccc(O)cc1. The van der Waals surface area contributed by atoms with Crippen LogP contribution in [-0.4, -0.2) is 10.0 Å². The zero-order chi connectivity index (χ0) is 14.7. The summed E-state index contributed by atoms with van der Waals surface area (Å²) >= 11 is 5.86. The fourth-order valence-corrected chi connectivity index (χ4v) is 2.09. The summed E-state index contributed by atoms with van der Waals surface area (Å²) in [5.41, 5.74) is 1.56. The van der Waals surface area contributed by atoms with E-state index in [0.29, 0.717) is 5.69 Å². The topological polar surface area (TPSA) is 75.4 Å². The van der Waals surface area contributed by atoms with Crippen LogP contribution in [0.25, 0.3) is 0 Å². The van der Waals surface area contributed by atoms with Gasteiger partial charge in [0, 0.05) is 17.8 Å². The number of halogens is 1. The highest BCUT2D eigenvalue weighted by Gasteiger charge is 2.13. The summed E-state index contributed by atoms with van der Waals surface area (Å²) in [6, 6.07) is 11.3. The first-order valence-electron chi connectivity index (χ1n) is 5.97. The Bertz CT molecular complexity index is 629. The number of phenols is 1.